The molecule has 1 saturated heterocycles. The third-order valence-corrected chi connectivity index (χ3v) is 7.18. The Morgan fingerprint density at radius 1 is 1.21 bits per heavy atom. The summed E-state index contributed by atoms with van der Waals surface area (Å²) in [6.45, 7) is 3.79. The highest BCUT2D eigenvalue weighted by Gasteiger charge is 2.40. The van der Waals surface area contributed by atoms with E-state index in [9.17, 15) is 18.0 Å². The average molecular weight is 481 g/mol. The molecule has 0 bridgehead atoms. The van der Waals surface area contributed by atoms with E-state index < -0.39 is 12.0 Å². The molecule has 0 saturated carbocycles. The predicted molar refractivity (Wildman–Crippen MR) is 117 cm³/mol. The van der Waals surface area contributed by atoms with E-state index in [2.05, 4.69) is 23.2 Å². The number of amides is 1. The number of halogens is 3. The summed E-state index contributed by atoms with van der Waals surface area (Å²) in [4.78, 5) is 27.1. The normalized spacial score (nSPS) is 18.8. The van der Waals surface area contributed by atoms with Crippen molar-refractivity contribution < 1.29 is 18.0 Å². The fourth-order valence-electron chi connectivity index (χ4n) is 4.42. The van der Waals surface area contributed by atoms with Gasteiger partial charge in [-0.2, -0.15) is 18.2 Å². The van der Waals surface area contributed by atoms with Gasteiger partial charge in [-0.3, -0.25) is 4.79 Å². The fraction of sp³-hybridized carbons (Fsp3) is 0.550. The first-order valence-electron chi connectivity index (χ1n) is 10.8. The molecule has 1 atom stereocenters. The van der Waals surface area contributed by atoms with Crippen LogP contribution in [0.2, 0.25) is 0 Å². The van der Waals surface area contributed by atoms with Gasteiger partial charge in [-0.25, -0.2) is 4.98 Å². The Labute approximate surface area is 191 Å². The van der Waals surface area contributed by atoms with Gasteiger partial charge in [0.2, 0.25) is 17.7 Å². The van der Waals surface area contributed by atoms with Crippen molar-refractivity contribution in [1.29, 1.82) is 0 Å². The molecule has 1 fully saturated rings. The van der Waals surface area contributed by atoms with Crippen molar-refractivity contribution in [3.05, 3.63) is 22.6 Å². The molecule has 33 heavy (non-hydrogen) atoms. The summed E-state index contributed by atoms with van der Waals surface area (Å²) >= 11 is 1.60. The van der Waals surface area contributed by atoms with E-state index in [1.807, 2.05) is 9.80 Å². The maximum atomic E-state index is 13.2. The third-order valence-electron chi connectivity index (χ3n) is 6.09. The van der Waals surface area contributed by atoms with E-state index in [0.29, 0.717) is 37.8 Å². The number of primary amides is 1. The van der Waals surface area contributed by atoms with Crippen molar-refractivity contribution in [2.75, 3.05) is 29.4 Å². The van der Waals surface area contributed by atoms with Crippen LogP contribution in [0.15, 0.2) is 6.07 Å². The number of thiophene rings is 1. The van der Waals surface area contributed by atoms with Gasteiger partial charge in [-0.15, -0.1) is 21.5 Å². The van der Waals surface area contributed by atoms with E-state index in [4.69, 9.17) is 15.7 Å². The van der Waals surface area contributed by atoms with Gasteiger partial charge in [0.1, 0.15) is 10.6 Å². The van der Waals surface area contributed by atoms with E-state index in [1.165, 1.54) is 4.88 Å². The van der Waals surface area contributed by atoms with Gasteiger partial charge in [-0.1, -0.05) is 13.3 Å². The van der Waals surface area contributed by atoms with Crippen LogP contribution < -0.4 is 15.5 Å². The van der Waals surface area contributed by atoms with Crippen molar-refractivity contribution in [2.45, 2.75) is 45.5 Å². The Hall–Kier alpha value is -2.96. The molecule has 3 aromatic rings. The maximum absolute atomic E-state index is 13.2. The zero-order chi connectivity index (χ0) is 23.3. The number of anilines is 2. The number of nitrogens with two attached hydrogens (primary N) is 1. The fourth-order valence-corrected chi connectivity index (χ4v) is 5.54. The monoisotopic (exact) mass is 480 g/mol. The molecule has 0 aliphatic carbocycles. The van der Waals surface area contributed by atoms with Crippen molar-refractivity contribution in [3.8, 4) is 0 Å². The number of hydrogen-bond donors (Lipinski definition) is 1. The number of aromatic nitrogens is 5. The summed E-state index contributed by atoms with van der Waals surface area (Å²) in [5.41, 5.74) is 5.48. The number of aryl methyl sites for hydroxylation is 1. The van der Waals surface area contributed by atoms with Crippen molar-refractivity contribution in [2.24, 2.45) is 11.7 Å². The van der Waals surface area contributed by atoms with E-state index in [1.54, 1.807) is 11.3 Å². The largest absolute Gasteiger partial charge is 0.451 e. The SMILES string of the molecule is CCCc1cc2c(N3CCn4c(nnc4C(F)(F)F)C3)nc(N3CCC(C(N)=O)C3)nc2s1. The smallest absolute Gasteiger partial charge is 0.369 e. The zero-order valence-corrected chi connectivity index (χ0v) is 18.8. The van der Waals surface area contributed by atoms with Crippen LogP contribution in [0.1, 0.15) is 36.3 Å². The predicted octanol–water partition coefficient (Wildman–Crippen LogP) is 2.59. The van der Waals surface area contributed by atoms with Gasteiger partial charge < -0.3 is 20.1 Å². The Morgan fingerprint density at radius 3 is 2.73 bits per heavy atom. The number of fused-ring (bicyclic) bond motifs is 2. The molecule has 2 aliphatic heterocycles. The standard InChI is InChI=1S/C20H23F3N8OS/c1-2-3-12-8-13-16(29-6-7-31-14(10-29)27-28-18(31)20(21,22)23)25-19(26-17(13)33-12)30-5-4-11(9-30)15(24)32/h8,11H,2-7,9-10H2,1H3,(H2,24,32). The van der Waals surface area contributed by atoms with Crippen LogP contribution in [-0.2, 0) is 30.5 Å². The lowest BCUT2D eigenvalue weighted by molar-refractivity contribution is -0.147. The van der Waals surface area contributed by atoms with E-state index in [-0.39, 0.29) is 30.7 Å². The number of nitrogens with zero attached hydrogens (tertiary/aromatic N) is 7. The van der Waals surface area contributed by atoms with Gasteiger partial charge in [0.25, 0.3) is 0 Å². The molecule has 5 rings (SSSR count). The minimum atomic E-state index is -4.54. The van der Waals surface area contributed by atoms with Gasteiger partial charge >= 0.3 is 6.18 Å². The van der Waals surface area contributed by atoms with Crippen molar-refractivity contribution >= 4 is 39.2 Å². The highest BCUT2D eigenvalue weighted by atomic mass is 32.1. The lowest BCUT2D eigenvalue weighted by Gasteiger charge is -2.30. The van der Waals surface area contributed by atoms with Gasteiger partial charge in [0.15, 0.2) is 5.82 Å². The van der Waals surface area contributed by atoms with Crippen molar-refractivity contribution in [3.63, 3.8) is 0 Å². The van der Waals surface area contributed by atoms with Crippen molar-refractivity contribution in [1.82, 2.24) is 24.7 Å². The van der Waals surface area contributed by atoms with Crippen LogP contribution in [0.3, 0.4) is 0 Å². The first kappa shape index (κ1) is 21.9. The quantitative estimate of drug-likeness (QED) is 0.598. The summed E-state index contributed by atoms with van der Waals surface area (Å²) in [6.07, 6.45) is -2.00. The molecule has 2 N–H and O–H groups in total. The molecule has 0 radical (unpaired) electrons. The number of carbonyl (C=O) groups excluding carboxylic acids is 1. The highest BCUT2D eigenvalue weighted by Crippen LogP contribution is 2.36. The molecule has 13 heteroatoms. The molecule has 176 valence electrons. The Balaban J connectivity index is 1.52. The average Bonchev–Trinajstić information content (AvgIpc) is 3.49. The number of rotatable bonds is 5. The van der Waals surface area contributed by atoms with Crippen LogP contribution in [0.5, 0.6) is 0 Å². The summed E-state index contributed by atoms with van der Waals surface area (Å²) in [5, 5.41) is 8.04. The lowest BCUT2D eigenvalue weighted by Crippen LogP contribution is -2.36. The number of hydrogen-bond acceptors (Lipinski definition) is 8. The Morgan fingerprint density at radius 2 is 2.03 bits per heavy atom. The minimum absolute atomic E-state index is 0.109. The van der Waals surface area contributed by atoms with Gasteiger partial charge in [-0.05, 0) is 18.9 Å². The summed E-state index contributed by atoms with van der Waals surface area (Å²) in [5.74, 6) is -0.132. The van der Waals surface area contributed by atoms with Crippen LogP contribution in [0.4, 0.5) is 24.9 Å². The summed E-state index contributed by atoms with van der Waals surface area (Å²) in [7, 11) is 0. The third kappa shape index (κ3) is 3.98. The highest BCUT2D eigenvalue weighted by molar-refractivity contribution is 7.18. The van der Waals surface area contributed by atoms with E-state index in [0.717, 1.165) is 27.6 Å². The molecule has 0 aromatic carbocycles. The van der Waals surface area contributed by atoms with Crippen LogP contribution >= 0.6 is 11.3 Å². The second-order valence-electron chi connectivity index (χ2n) is 8.37. The first-order valence-corrected chi connectivity index (χ1v) is 11.6. The summed E-state index contributed by atoms with van der Waals surface area (Å²) in [6, 6.07) is 2.07. The second kappa shape index (κ2) is 8.12. The summed E-state index contributed by atoms with van der Waals surface area (Å²) < 4.78 is 40.8. The molecule has 1 unspecified atom stereocenters. The Bertz CT molecular complexity index is 1210. The molecule has 2 aliphatic rings. The van der Waals surface area contributed by atoms with Crippen LogP contribution in [0, 0.1) is 5.92 Å². The topological polar surface area (TPSA) is 106 Å². The molecule has 3 aromatic heterocycles. The molecule has 9 nitrogen and oxygen atoms in total. The molecule has 5 heterocycles. The maximum Gasteiger partial charge on any atom is 0.451 e. The van der Waals surface area contributed by atoms with Gasteiger partial charge in [0, 0.05) is 31.1 Å². The minimum Gasteiger partial charge on any atom is -0.369 e. The zero-order valence-electron chi connectivity index (χ0n) is 18.0. The van der Waals surface area contributed by atoms with Gasteiger partial charge in [0.05, 0.1) is 17.8 Å². The van der Waals surface area contributed by atoms with Crippen LogP contribution in [0.25, 0.3) is 10.2 Å². The van der Waals surface area contributed by atoms with E-state index >= 15 is 0 Å². The van der Waals surface area contributed by atoms with Crippen LogP contribution in [-0.4, -0.2) is 50.3 Å². The Kier molecular flexibility index (Phi) is 5.38. The number of alkyl halides is 3. The first-order chi connectivity index (χ1) is 15.7. The number of carbonyl (C=O) groups is 1. The lowest BCUT2D eigenvalue weighted by atomic mass is 10.1. The molecular formula is C20H23F3N8OS. The molecule has 1 amide bonds. The molecule has 0 spiro atoms. The molecular weight excluding hydrogens is 457 g/mol. The second-order valence-corrected chi connectivity index (χ2v) is 9.49.